The molecule has 1 heterocycles. The number of anilines is 1. The number of benzene rings is 1. The number of esters is 1. The minimum Gasteiger partial charge on any atom is -0.497 e. The fraction of sp³-hybridized carbons (Fsp3) is 0.429. The van der Waals surface area contributed by atoms with Gasteiger partial charge in [-0.2, -0.15) is 12.6 Å². The summed E-state index contributed by atoms with van der Waals surface area (Å²) >= 11 is 4.32. The zero-order chi connectivity index (χ0) is 14.7. The van der Waals surface area contributed by atoms with Crippen molar-refractivity contribution in [3.05, 3.63) is 23.8 Å². The zero-order valence-corrected chi connectivity index (χ0v) is 12.4. The van der Waals surface area contributed by atoms with Gasteiger partial charge in [-0.15, -0.1) is 0 Å². The van der Waals surface area contributed by atoms with Crippen LogP contribution < -0.4 is 9.64 Å². The molecule has 1 amide bonds. The first kappa shape index (κ1) is 14.7. The molecule has 0 aromatic heterocycles. The fourth-order valence-corrected chi connectivity index (χ4v) is 2.49. The van der Waals surface area contributed by atoms with Crippen LogP contribution in [0.2, 0.25) is 0 Å². The summed E-state index contributed by atoms with van der Waals surface area (Å²) in [6, 6.07) is 5.01. The largest absolute Gasteiger partial charge is 0.497 e. The topological polar surface area (TPSA) is 55.8 Å². The molecule has 1 fully saturated rings. The summed E-state index contributed by atoms with van der Waals surface area (Å²) in [7, 11) is 1.52. The Morgan fingerprint density at radius 2 is 2.25 bits per heavy atom. The lowest BCUT2D eigenvalue weighted by Gasteiger charge is -2.19. The molecule has 1 aliphatic heterocycles. The van der Waals surface area contributed by atoms with Gasteiger partial charge in [0.2, 0.25) is 5.91 Å². The van der Waals surface area contributed by atoms with Gasteiger partial charge in [0.05, 0.1) is 25.0 Å². The number of hydrogen-bond acceptors (Lipinski definition) is 5. The second-order valence-electron chi connectivity index (χ2n) is 4.47. The minimum atomic E-state index is -0.461. The van der Waals surface area contributed by atoms with E-state index in [1.807, 2.05) is 0 Å². The average molecular weight is 295 g/mol. The van der Waals surface area contributed by atoms with Gasteiger partial charge >= 0.3 is 5.97 Å². The highest BCUT2D eigenvalue weighted by Crippen LogP contribution is 2.30. The third-order valence-corrected chi connectivity index (χ3v) is 3.44. The molecule has 1 atom stereocenters. The maximum atomic E-state index is 12.0. The highest BCUT2D eigenvalue weighted by Gasteiger charge is 2.31. The van der Waals surface area contributed by atoms with E-state index in [0.717, 1.165) is 0 Å². The third-order valence-electron chi connectivity index (χ3n) is 3.09. The number of hydrogen-bond donors (Lipinski definition) is 1. The molecule has 0 bridgehead atoms. The zero-order valence-electron chi connectivity index (χ0n) is 11.5. The van der Waals surface area contributed by atoms with Crippen LogP contribution in [0.4, 0.5) is 5.69 Å². The van der Waals surface area contributed by atoms with E-state index >= 15 is 0 Å². The Hall–Kier alpha value is -1.69. The number of thiol groups is 1. The smallest absolute Gasteiger partial charge is 0.340 e. The van der Waals surface area contributed by atoms with Crippen LogP contribution in [0.3, 0.4) is 0 Å². The quantitative estimate of drug-likeness (QED) is 0.681. The predicted octanol–water partition coefficient (Wildman–Crippen LogP) is 1.91. The molecule has 20 heavy (non-hydrogen) atoms. The van der Waals surface area contributed by atoms with E-state index < -0.39 is 5.97 Å². The molecule has 1 unspecified atom stereocenters. The molecule has 1 aromatic rings. The van der Waals surface area contributed by atoms with Crippen LogP contribution in [0, 0.1) is 0 Å². The van der Waals surface area contributed by atoms with Crippen molar-refractivity contribution in [2.24, 2.45) is 0 Å². The first-order valence-electron chi connectivity index (χ1n) is 6.40. The Balaban J connectivity index is 2.41. The first-order valence-corrected chi connectivity index (χ1v) is 6.92. The van der Waals surface area contributed by atoms with Crippen LogP contribution in [-0.4, -0.2) is 37.4 Å². The van der Waals surface area contributed by atoms with Crippen LogP contribution >= 0.6 is 12.6 Å². The minimum absolute atomic E-state index is 0.0142. The van der Waals surface area contributed by atoms with Gasteiger partial charge < -0.3 is 14.4 Å². The number of carbonyl (C=O) groups excluding carboxylic acids is 2. The van der Waals surface area contributed by atoms with E-state index in [0.29, 0.717) is 30.0 Å². The van der Waals surface area contributed by atoms with Crippen molar-refractivity contribution >= 4 is 30.2 Å². The van der Waals surface area contributed by atoms with E-state index in [4.69, 9.17) is 9.47 Å². The molecule has 2 rings (SSSR count). The van der Waals surface area contributed by atoms with Crippen LogP contribution in [-0.2, 0) is 9.53 Å². The maximum absolute atomic E-state index is 12.0. The lowest BCUT2D eigenvalue weighted by molar-refractivity contribution is -0.117. The van der Waals surface area contributed by atoms with Crippen molar-refractivity contribution in [3.8, 4) is 5.75 Å². The number of methoxy groups -OCH3 is 1. The highest BCUT2D eigenvalue weighted by molar-refractivity contribution is 7.81. The Morgan fingerprint density at radius 3 is 2.80 bits per heavy atom. The molecule has 5 nitrogen and oxygen atoms in total. The Morgan fingerprint density at radius 1 is 1.50 bits per heavy atom. The molecule has 0 spiro atoms. The Kier molecular flexibility index (Phi) is 4.54. The fourth-order valence-electron chi connectivity index (χ4n) is 2.17. The Bertz CT molecular complexity index is 532. The van der Waals surface area contributed by atoms with Crippen LogP contribution in [0.1, 0.15) is 23.7 Å². The van der Waals surface area contributed by atoms with E-state index in [1.54, 1.807) is 30.0 Å². The molecule has 0 saturated carbocycles. The van der Waals surface area contributed by atoms with Crippen molar-refractivity contribution in [1.82, 2.24) is 0 Å². The van der Waals surface area contributed by atoms with Crippen LogP contribution in [0.5, 0.6) is 5.75 Å². The number of carbonyl (C=O) groups is 2. The summed E-state index contributed by atoms with van der Waals surface area (Å²) in [5, 5.41) is -0.0142. The van der Waals surface area contributed by atoms with Crippen LogP contribution in [0.15, 0.2) is 18.2 Å². The number of amides is 1. The molecular formula is C14H17NO4S. The summed E-state index contributed by atoms with van der Waals surface area (Å²) < 4.78 is 10.2. The highest BCUT2D eigenvalue weighted by atomic mass is 32.1. The van der Waals surface area contributed by atoms with Crippen LogP contribution in [0.25, 0.3) is 0 Å². The molecule has 1 saturated heterocycles. The summed E-state index contributed by atoms with van der Waals surface area (Å²) in [5.41, 5.74) is 0.882. The monoisotopic (exact) mass is 295 g/mol. The first-order chi connectivity index (χ1) is 9.56. The normalized spacial score (nSPS) is 18.2. The number of nitrogens with zero attached hydrogens (tertiary/aromatic N) is 1. The molecule has 1 aliphatic rings. The van der Waals surface area contributed by atoms with Crippen molar-refractivity contribution in [2.45, 2.75) is 18.6 Å². The number of rotatable bonds is 4. The summed E-state index contributed by atoms with van der Waals surface area (Å²) in [6.07, 6.45) is 0.372. The standard InChI is InChI=1S/C14H17NO4S/c1-3-19-14(17)11-6-9(18-2)4-5-12(11)15-8-10(20)7-13(15)16/h4-6,10,20H,3,7-8H2,1-2H3. The second-order valence-corrected chi connectivity index (χ2v) is 5.20. The van der Waals surface area contributed by atoms with Gasteiger partial charge in [0.25, 0.3) is 0 Å². The predicted molar refractivity (Wildman–Crippen MR) is 78.7 cm³/mol. The summed E-state index contributed by atoms with van der Waals surface area (Å²) in [4.78, 5) is 25.6. The van der Waals surface area contributed by atoms with Crippen molar-refractivity contribution < 1.29 is 19.1 Å². The van der Waals surface area contributed by atoms with E-state index in [1.165, 1.54) is 7.11 Å². The molecule has 1 aromatic carbocycles. The third kappa shape index (κ3) is 2.90. The van der Waals surface area contributed by atoms with Crippen molar-refractivity contribution in [2.75, 3.05) is 25.2 Å². The lowest BCUT2D eigenvalue weighted by Crippen LogP contribution is -2.27. The summed E-state index contributed by atoms with van der Waals surface area (Å²) in [6.45, 7) is 2.50. The van der Waals surface area contributed by atoms with Gasteiger partial charge in [-0.3, -0.25) is 4.79 Å². The van der Waals surface area contributed by atoms with Crippen molar-refractivity contribution in [3.63, 3.8) is 0 Å². The van der Waals surface area contributed by atoms with Gasteiger partial charge in [-0.05, 0) is 25.1 Å². The molecular weight excluding hydrogens is 278 g/mol. The summed E-state index contributed by atoms with van der Waals surface area (Å²) in [5.74, 6) is 0.0448. The van der Waals surface area contributed by atoms with Gasteiger partial charge in [0.15, 0.2) is 0 Å². The van der Waals surface area contributed by atoms with Gasteiger partial charge in [0, 0.05) is 18.2 Å². The SMILES string of the molecule is CCOC(=O)c1cc(OC)ccc1N1CC(S)CC1=O. The molecule has 108 valence electrons. The van der Waals surface area contributed by atoms with E-state index in [2.05, 4.69) is 12.6 Å². The van der Waals surface area contributed by atoms with Crippen molar-refractivity contribution in [1.29, 1.82) is 0 Å². The Labute approximate surface area is 123 Å². The average Bonchev–Trinajstić information content (AvgIpc) is 2.77. The molecule has 6 heteroatoms. The van der Waals surface area contributed by atoms with E-state index in [9.17, 15) is 9.59 Å². The second kappa shape index (κ2) is 6.17. The van der Waals surface area contributed by atoms with Gasteiger partial charge in [-0.25, -0.2) is 4.79 Å². The molecule has 0 radical (unpaired) electrons. The lowest BCUT2D eigenvalue weighted by atomic mass is 10.1. The molecule has 0 N–H and O–H groups in total. The van der Waals surface area contributed by atoms with Gasteiger partial charge in [-0.1, -0.05) is 0 Å². The van der Waals surface area contributed by atoms with E-state index in [-0.39, 0.29) is 17.8 Å². The molecule has 0 aliphatic carbocycles. The van der Waals surface area contributed by atoms with Gasteiger partial charge in [0.1, 0.15) is 5.75 Å². The maximum Gasteiger partial charge on any atom is 0.340 e. The number of ether oxygens (including phenoxy) is 2.